The Morgan fingerprint density at radius 2 is 2.15 bits per heavy atom. The zero-order valence-electron chi connectivity index (χ0n) is 13.1. The van der Waals surface area contributed by atoms with Crippen molar-refractivity contribution in [2.45, 2.75) is 64.5 Å². The quantitative estimate of drug-likeness (QED) is 0.806. The second-order valence-corrected chi connectivity index (χ2v) is 6.92. The van der Waals surface area contributed by atoms with Gasteiger partial charge in [-0.3, -0.25) is 4.68 Å². The summed E-state index contributed by atoms with van der Waals surface area (Å²) in [7, 11) is 0. The van der Waals surface area contributed by atoms with Crippen LogP contribution in [0.15, 0.2) is 12.3 Å². The third kappa shape index (κ3) is 4.60. The minimum absolute atomic E-state index is 0.577. The maximum absolute atomic E-state index is 10.4. The van der Waals surface area contributed by atoms with E-state index in [2.05, 4.69) is 41.2 Å². The van der Waals surface area contributed by atoms with E-state index in [0.29, 0.717) is 24.9 Å². The SMILES string of the molecule is CC(C)CNCC(C)(O)Cc1ccn(C2CCCC2)n1. The molecule has 1 aliphatic rings. The van der Waals surface area contributed by atoms with Crippen LogP contribution in [-0.2, 0) is 6.42 Å². The third-order valence-electron chi connectivity index (χ3n) is 3.98. The van der Waals surface area contributed by atoms with Gasteiger partial charge >= 0.3 is 0 Å². The molecule has 2 N–H and O–H groups in total. The van der Waals surface area contributed by atoms with Gasteiger partial charge in [0.1, 0.15) is 0 Å². The summed E-state index contributed by atoms with van der Waals surface area (Å²) in [6, 6.07) is 2.63. The highest BCUT2D eigenvalue weighted by atomic mass is 16.3. The van der Waals surface area contributed by atoms with E-state index in [9.17, 15) is 5.11 Å². The van der Waals surface area contributed by atoms with Crippen molar-refractivity contribution in [2.75, 3.05) is 13.1 Å². The molecule has 1 aromatic rings. The van der Waals surface area contributed by atoms with Gasteiger partial charge in [-0.15, -0.1) is 0 Å². The van der Waals surface area contributed by atoms with Crippen LogP contribution in [0.3, 0.4) is 0 Å². The number of rotatable bonds is 7. The van der Waals surface area contributed by atoms with Gasteiger partial charge in [-0.1, -0.05) is 26.7 Å². The Hall–Kier alpha value is -0.870. The fraction of sp³-hybridized carbons (Fsp3) is 0.812. The van der Waals surface area contributed by atoms with E-state index in [-0.39, 0.29) is 0 Å². The summed E-state index contributed by atoms with van der Waals surface area (Å²) < 4.78 is 2.10. The molecule has 1 atom stereocenters. The average Bonchev–Trinajstić information content (AvgIpc) is 2.96. The number of hydrogen-bond donors (Lipinski definition) is 2. The summed E-state index contributed by atoms with van der Waals surface area (Å²) in [4.78, 5) is 0. The molecule has 1 aromatic heterocycles. The molecule has 1 heterocycles. The van der Waals surface area contributed by atoms with Gasteiger partial charge in [0.15, 0.2) is 0 Å². The fourth-order valence-electron chi connectivity index (χ4n) is 2.93. The van der Waals surface area contributed by atoms with Crippen LogP contribution >= 0.6 is 0 Å². The van der Waals surface area contributed by atoms with Crippen molar-refractivity contribution in [1.29, 1.82) is 0 Å². The molecule has 0 saturated heterocycles. The van der Waals surface area contributed by atoms with Crippen molar-refractivity contribution in [1.82, 2.24) is 15.1 Å². The van der Waals surface area contributed by atoms with Crippen molar-refractivity contribution in [3.8, 4) is 0 Å². The molecular formula is C16H29N3O. The minimum atomic E-state index is -0.732. The Labute approximate surface area is 122 Å². The summed E-state index contributed by atoms with van der Waals surface area (Å²) in [5, 5.41) is 18.4. The Kier molecular flexibility index (Phi) is 5.22. The van der Waals surface area contributed by atoms with Crippen molar-refractivity contribution < 1.29 is 5.11 Å². The molecule has 114 valence electrons. The normalized spacial score (nSPS) is 19.6. The molecule has 1 fully saturated rings. The zero-order chi connectivity index (χ0) is 14.6. The van der Waals surface area contributed by atoms with E-state index in [1.54, 1.807) is 0 Å². The van der Waals surface area contributed by atoms with E-state index in [1.165, 1.54) is 25.7 Å². The standard InChI is InChI=1S/C16H29N3O/c1-13(2)11-17-12-16(3,20)10-14-8-9-19(18-14)15-6-4-5-7-15/h8-9,13,15,17,20H,4-7,10-12H2,1-3H3. The topological polar surface area (TPSA) is 50.1 Å². The third-order valence-corrected chi connectivity index (χ3v) is 3.98. The van der Waals surface area contributed by atoms with Crippen LogP contribution in [0.4, 0.5) is 0 Å². The van der Waals surface area contributed by atoms with Crippen molar-refractivity contribution in [2.24, 2.45) is 5.92 Å². The molecule has 2 rings (SSSR count). The van der Waals surface area contributed by atoms with Crippen molar-refractivity contribution in [3.05, 3.63) is 18.0 Å². The first-order valence-electron chi connectivity index (χ1n) is 7.93. The molecule has 0 aromatic carbocycles. The van der Waals surface area contributed by atoms with Gasteiger partial charge in [-0.05, 0) is 38.3 Å². The Bertz CT molecular complexity index is 406. The second kappa shape index (κ2) is 6.72. The van der Waals surface area contributed by atoms with Crippen molar-refractivity contribution >= 4 is 0 Å². The highest BCUT2D eigenvalue weighted by molar-refractivity contribution is 5.04. The van der Waals surface area contributed by atoms with Crippen LogP contribution in [0, 0.1) is 5.92 Å². The van der Waals surface area contributed by atoms with Crippen LogP contribution in [0.5, 0.6) is 0 Å². The van der Waals surface area contributed by atoms with E-state index < -0.39 is 5.60 Å². The Morgan fingerprint density at radius 3 is 2.80 bits per heavy atom. The van der Waals surface area contributed by atoms with Crippen LogP contribution in [0.2, 0.25) is 0 Å². The lowest BCUT2D eigenvalue weighted by atomic mass is 10.00. The van der Waals surface area contributed by atoms with Crippen molar-refractivity contribution in [3.63, 3.8) is 0 Å². The van der Waals surface area contributed by atoms with Crippen LogP contribution in [-0.4, -0.2) is 33.6 Å². The number of aromatic nitrogens is 2. The maximum atomic E-state index is 10.4. The largest absolute Gasteiger partial charge is 0.388 e. The summed E-state index contributed by atoms with van der Waals surface area (Å²) >= 11 is 0. The fourth-order valence-corrected chi connectivity index (χ4v) is 2.93. The molecule has 0 bridgehead atoms. The molecule has 0 amide bonds. The molecular weight excluding hydrogens is 250 g/mol. The maximum Gasteiger partial charge on any atom is 0.0799 e. The molecule has 0 radical (unpaired) electrons. The van der Waals surface area contributed by atoms with Gasteiger partial charge in [0.05, 0.1) is 17.3 Å². The second-order valence-electron chi connectivity index (χ2n) is 6.92. The van der Waals surface area contributed by atoms with Gasteiger partial charge in [0.25, 0.3) is 0 Å². The first-order valence-corrected chi connectivity index (χ1v) is 7.93. The summed E-state index contributed by atoms with van der Waals surface area (Å²) in [5.41, 5.74) is 0.261. The minimum Gasteiger partial charge on any atom is -0.388 e. The van der Waals surface area contributed by atoms with E-state index in [1.807, 2.05) is 6.92 Å². The molecule has 0 spiro atoms. The predicted molar refractivity (Wildman–Crippen MR) is 81.8 cm³/mol. The zero-order valence-corrected chi connectivity index (χ0v) is 13.1. The summed E-state index contributed by atoms with van der Waals surface area (Å²) in [6.45, 7) is 7.78. The smallest absolute Gasteiger partial charge is 0.0799 e. The first-order chi connectivity index (χ1) is 9.46. The van der Waals surface area contributed by atoms with Crippen LogP contribution in [0.25, 0.3) is 0 Å². The van der Waals surface area contributed by atoms with Gasteiger partial charge in [0, 0.05) is 19.2 Å². The summed E-state index contributed by atoms with van der Waals surface area (Å²) in [5.74, 6) is 0.604. The molecule has 1 saturated carbocycles. The highest BCUT2D eigenvalue weighted by Crippen LogP contribution is 2.28. The molecule has 4 nitrogen and oxygen atoms in total. The number of aliphatic hydroxyl groups is 1. The molecule has 0 aliphatic heterocycles. The lowest BCUT2D eigenvalue weighted by Crippen LogP contribution is -2.41. The number of hydrogen-bond acceptors (Lipinski definition) is 3. The lowest BCUT2D eigenvalue weighted by molar-refractivity contribution is 0.0584. The lowest BCUT2D eigenvalue weighted by Gasteiger charge is -2.23. The van der Waals surface area contributed by atoms with Gasteiger partial charge < -0.3 is 10.4 Å². The van der Waals surface area contributed by atoms with Crippen LogP contribution < -0.4 is 5.32 Å². The predicted octanol–water partition coefficient (Wildman–Crippen LogP) is 2.54. The summed E-state index contributed by atoms with van der Waals surface area (Å²) in [6.07, 6.45) is 7.80. The monoisotopic (exact) mass is 279 g/mol. The molecule has 20 heavy (non-hydrogen) atoms. The Morgan fingerprint density at radius 1 is 1.45 bits per heavy atom. The highest BCUT2D eigenvalue weighted by Gasteiger charge is 2.23. The number of nitrogens with zero attached hydrogens (tertiary/aromatic N) is 2. The Balaban J connectivity index is 1.85. The van der Waals surface area contributed by atoms with Gasteiger partial charge in [-0.2, -0.15) is 5.10 Å². The van der Waals surface area contributed by atoms with Crippen LogP contribution in [0.1, 0.15) is 58.2 Å². The molecule has 1 aliphatic carbocycles. The first kappa shape index (κ1) is 15.5. The van der Waals surface area contributed by atoms with E-state index in [0.717, 1.165) is 12.2 Å². The van der Waals surface area contributed by atoms with Gasteiger partial charge in [-0.25, -0.2) is 0 Å². The molecule has 4 heteroatoms. The van der Waals surface area contributed by atoms with E-state index in [4.69, 9.17) is 0 Å². The van der Waals surface area contributed by atoms with Gasteiger partial charge in [0.2, 0.25) is 0 Å². The number of nitrogens with one attached hydrogen (secondary N) is 1. The molecule has 1 unspecified atom stereocenters. The van der Waals surface area contributed by atoms with E-state index >= 15 is 0 Å². The average molecular weight is 279 g/mol.